The maximum Gasteiger partial charge on any atom is 0.315 e. The highest BCUT2D eigenvalue weighted by Crippen LogP contribution is 2.26. The number of primary amides is 1. The van der Waals surface area contributed by atoms with Gasteiger partial charge in [0.25, 0.3) is 0 Å². The second kappa shape index (κ2) is 7.27. The molecule has 2 fully saturated rings. The van der Waals surface area contributed by atoms with Crippen molar-refractivity contribution in [2.75, 3.05) is 26.2 Å². The zero-order chi connectivity index (χ0) is 18.1. The van der Waals surface area contributed by atoms with Gasteiger partial charge in [-0.3, -0.25) is 9.69 Å². The third-order valence-electron chi connectivity index (χ3n) is 6.27. The number of likely N-dealkylation sites (tertiary alicyclic amines) is 2. The smallest absolute Gasteiger partial charge is 0.315 e. The van der Waals surface area contributed by atoms with Crippen molar-refractivity contribution in [1.29, 1.82) is 0 Å². The average molecular weight is 356 g/mol. The molecule has 1 atom stereocenters. The van der Waals surface area contributed by atoms with Gasteiger partial charge in [0.05, 0.1) is 0 Å². The van der Waals surface area contributed by atoms with Crippen LogP contribution < -0.4 is 5.73 Å². The average Bonchev–Trinajstić information content (AvgIpc) is 3.17. The Bertz CT molecular complexity index is 684. The zero-order valence-electron chi connectivity index (χ0n) is 15.3. The van der Waals surface area contributed by atoms with Crippen LogP contribution in [0.15, 0.2) is 24.3 Å². The van der Waals surface area contributed by atoms with E-state index in [4.69, 9.17) is 5.73 Å². The monoisotopic (exact) mass is 356 g/mol. The number of carbonyl (C=O) groups excluding carboxylic acids is 2. The minimum absolute atomic E-state index is 0.0868. The Balaban J connectivity index is 1.33. The summed E-state index contributed by atoms with van der Waals surface area (Å²) in [6.07, 6.45) is 4.74. The molecule has 2 N–H and O–H groups in total. The Hall–Kier alpha value is -2.08. The third kappa shape index (κ3) is 3.30. The summed E-state index contributed by atoms with van der Waals surface area (Å²) < 4.78 is 0. The van der Waals surface area contributed by atoms with E-state index in [2.05, 4.69) is 29.2 Å². The first-order valence-corrected chi connectivity index (χ1v) is 9.79. The largest absolute Gasteiger partial charge is 0.351 e. The molecule has 1 unspecified atom stereocenters. The molecule has 1 aromatic carbocycles. The van der Waals surface area contributed by atoms with Crippen LogP contribution in [-0.2, 0) is 17.8 Å². The maximum absolute atomic E-state index is 12.8. The van der Waals surface area contributed by atoms with Crippen LogP contribution in [0.4, 0.5) is 4.79 Å². The van der Waals surface area contributed by atoms with Crippen molar-refractivity contribution in [3.63, 3.8) is 0 Å². The molecule has 0 saturated carbocycles. The van der Waals surface area contributed by atoms with E-state index >= 15 is 0 Å². The fourth-order valence-electron chi connectivity index (χ4n) is 4.78. The van der Waals surface area contributed by atoms with E-state index in [1.54, 1.807) is 0 Å². The number of nitrogens with two attached hydrogens (primary N) is 1. The van der Waals surface area contributed by atoms with Crippen LogP contribution in [0.1, 0.15) is 36.8 Å². The molecule has 0 spiro atoms. The lowest BCUT2D eigenvalue weighted by Gasteiger charge is -2.41. The molecule has 3 aliphatic heterocycles. The molecule has 26 heavy (non-hydrogen) atoms. The predicted molar refractivity (Wildman–Crippen MR) is 99.5 cm³/mol. The summed E-state index contributed by atoms with van der Waals surface area (Å²) in [6, 6.07) is 8.45. The summed E-state index contributed by atoms with van der Waals surface area (Å²) >= 11 is 0. The van der Waals surface area contributed by atoms with Crippen molar-refractivity contribution >= 4 is 11.9 Å². The first-order valence-electron chi connectivity index (χ1n) is 9.79. The first kappa shape index (κ1) is 17.3. The molecule has 0 aromatic heterocycles. The summed E-state index contributed by atoms with van der Waals surface area (Å²) in [5.41, 5.74) is 8.34. The van der Waals surface area contributed by atoms with Crippen molar-refractivity contribution in [3.05, 3.63) is 35.4 Å². The summed E-state index contributed by atoms with van der Waals surface area (Å²) in [7, 11) is 0. The molecule has 6 heteroatoms. The van der Waals surface area contributed by atoms with E-state index < -0.39 is 6.03 Å². The molecule has 3 amide bonds. The predicted octanol–water partition coefficient (Wildman–Crippen LogP) is 1.58. The summed E-state index contributed by atoms with van der Waals surface area (Å²) in [4.78, 5) is 30.4. The van der Waals surface area contributed by atoms with Gasteiger partial charge in [0.2, 0.25) is 5.91 Å². The van der Waals surface area contributed by atoms with E-state index in [9.17, 15) is 9.59 Å². The van der Waals surface area contributed by atoms with Crippen LogP contribution in [0, 0.1) is 0 Å². The van der Waals surface area contributed by atoms with Gasteiger partial charge in [0.1, 0.15) is 6.04 Å². The number of piperidine rings is 1. The van der Waals surface area contributed by atoms with Gasteiger partial charge >= 0.3 is 6.03 Å². The third-order valence-corrected chi connectivity index (χ3v) is 6.27. The Morgan fingerprint density at radius 2 is 1.69 bits per heavy atom. The maximum atomic E-state index is 12.8. The standard InChI is InChI=1S/C20H28N4O2/c21-20(26)24-10-3-6-18(24)19(25)22-12-8-17(9-13-22)23-11-7-15-4-1-2-5-16(15)14-23/h1-2,4-5,17-18H,3,6-14H2,(H2,21,26). The molecule has 0 aliphatic carbocycles. The second-order valence-electron chi connectivity index (χ2n) is 7.74. The lowest BCUT2D eigenvalue weighted by molar-refractivity contribution is -0.136. The van der Waals surface area contributed by atoms with E-state index in [1.807, 2.05) is 4.90 Å². The summed E-state index contributed by atoms with van der Waals surface area (Å²) in [5.74, 6) is 0.0868. The van der Waals surface area contributed by atoms with Crippen molar-refractivity contribution in [1.82, 2.24) is 14.7 Å². The zero-order valence-corrected chi connectivity index (χ0v) is 15.3. The van der Waals surface area contributed by atoms with Crippen LogP contribution in [0.3, 0.4) is 0 Å². The molecule has 6 nitrogen and oxygen atoms in total. The Morgan fingerprint density at radius 1 is 0.962 bits per heavy atom. The highest BCUT2D eigenvalue weighted by atomic mass is 16.2. The summed E-state index contributed by atoms with van der Waals surface area (Å²) in [6.45, 7) is 4.30. The fraction of sp³-hybridized carbons (Fsp3) is 0.600. The number of fused-ring (bicyclic) bond motifs is 1. The van der Waals surface area contributed by atoms with Crippen LogP contribution in [0.25, 0.3) is 0 Å². The Morgan fingerprint density at radius 3 is 2.42 bits per heavy atom. The molecule has 140 valence electrons. The highest BCUT2D eigenvalue weighted by molar-refractivity contribution is 5.87. The van der Waals surface area contributed by atoms with E-state index in [0.717, 1.165) is 58.3 Å². The SMILES string of the molecule is NC(=O)N1CCCC1C(=O)N1CCC(N2CCc3ccccc3C2)CC1. The van der Waals surface area contributed by atoms with Gasteiger partial charge in [-0.1, -0.05) is 24.3 Å². The van der Waals surface area contributed by atoms with E-state index in [1.165, 1.54) is 16.0 Å². The molecular formula is C20H28N4O2. The van der Waals surface area contributed by atoms with Gasteiger partial charge in [-0.25, -0.2) is 4.79 Å². The normalized spacial score (nSPS) is 24.5. The number of hydrogen-bond acceptors (Lipinski definition) is 3. The lowest BCUT2D eigenvalue weighted by Crippen LogP contribution is -2.53. The van der Waals surface area contributed by atoms with E-state index in [-0.39, 0.29) is 11.9 Å². The van der Waals surface area contributed by atoms with Crippen molar-refractivity contribution in [3.8, 4) is 0 Å². The number of amides is 3. The number of benzene rings is 1. The molecule has 0 bridgehead atoms. The van der Waals surface area contributed by atoms with Crippen molar-refractivity contribution in [2.24, 2.45) is 5.73 Å². The van der Waals surface area contributed by atoms with Gasteiger partial charge in [-0.15, -0.1) is 0 Å². The molecule has 0 radical (unpaired) electrons. The minimum Gasteiger partial charge on any atom is -0.351 e. The van der Waals surface area contributed by atoms with E-state index in [0.29, 0.717) is 12.6 Å². The second-order valence-corrected chi connectivity index (χ2v) is 7.74. The molecular weight excluding hydrogens is 328 g/mol. The van der Waals surface area contributed by atoms with Gasteiger partial charge < -0.3 is 15.5 Å². The van der Waals surface area contributed by atoms with Crippen molar-refractivity contribution < 1.29 is 9.59 Å². The topological polar surface area (TPSA) is 69.9 Å². The lowest BCUT2D eigenvalue weighted by atomic mass is 9.95. The molecule has 3 heterocycles. The Labute approximate surface area is 154 Å². The number of nitrogens with zero attached hydrogens (tertiary/aromatic N) is 3. The Kier molecular flexibility index (Phi) is 4.85. The van der Waals surface area contributed by atoms with Gasteiger partial charge in [-0.05, 0) is 43.2 Å². The number of rotatable bonds is 2. The minimum atomic E-state index is -0.470. The van der Waals surface area contributed by atoms with Gasteiger partial charge in [0.15, 0.2) is 0 Å². The quantitative estimate of drug-likeness (QED) is 0.875. The number of hydrogen-bond donors (Lipinski definition) is 1. The summed E-state index contributed by atoms with van der Waals surface area (Å²) in [5, 5.41) is 0. The van der Waals surface area contributed by atoms with Crippen LogP contribution in [0.2, 0.25) is 0 Å². The van der Waals surface area contributed by atoms with Gasteiger partial charge in [0, 0.05) is 38.8 Å². The number of carbonyl (C=O) groups is 2. The fourth-order valence-corrected chi connectivity index (χ4v) is 4.78. The molecule has 1 aromatic rings. The first-order chi connectivity index (χ1) is 12.6. The van der Waals surface area contributed by atoms with Gasteiger partial charge in [-0.2, -0.15) is 0 Å². The van der Waals surface area contributed by atoms with Crippen LogP contribution in [-0.4, -0.2) is 64.9 Å². The molecule has 4 rings (SSSR count). The van der Waals surface area contributed by atoms with Crippen molar-refractivity contribution in [2.45, 2.75) is 50.7 Å². The number of urea groups is 1. The molecule has 3 aliphatic rings. The van der Waals surface area contributed by atoms with Crippen LogP contribution >= 0.6 is 0 Å². The van der Waals surface area contributed by atoms with Crippen LogP contribution in [0.5, 0.6) is 0 Å². The molecule has 2 saturated heterocycles. The highest BCUT2D eigenvalue weighted by Gasteiger charge is 2.37.